The van der Waals surface area contributed by atoms with Crippen molar-refractivity contribution in [1.29, 1.82) is 0 Å². The second-order valence-corrected chi connectivity index (χ2v) is 6.12. The van der Waals surface area contributed by atoms with Crippen LogP contribution in [0.5, 0.6) is 11.5 Å². The summed E-state index contributed by atoms with van der Waals surface area (Å²) in [6.07, 6.45) is 4.55. The van der Waals surface area contributed by atoms with E-state index in [-0.39, 0.29) is 5.41 Å². The molecule has 0 bridgehead atoms. The van der Waals surface area contributed by atoms with Crippen LogP contribution in [0.2, 0.25) is 0 Å². The summed E-state index contributed by atoms with van der Waals surface area (Å²) in [6.45, 7) is 4.43. The summed E-state index contributed by atoms with van der Waals surface area (Å²) < 4.78 is 10.8. The molecule has 1 aromatic carbocycles. The van der Waals surface area contributed by atoms with Crippen molar-refractivity contribution in [3.05, 3.63) is 23.8 Å². The summed E-state index contributed by atoms with van der Waals surface area (Å²) in [5.74, 6) is 2.30. The molecule has 0 radical (unpaired) electrons. The van der Waals surface area contributed by atoms with E-state index >= 15 is 0 Å². The normalized spacial score (nSPS) is 25.7. The molecular formula is C18H26O3. The standard InChI is InChI=1S/C18H26O3/c1-5-9-18(10-8-15(19)11-13(18)2)14-6-7-16(20-3)17(12-14)21-4/h6-7,12-13H,5,8-11H2,1-4H3. The van der Waals surface area contributed by atoms with Gasteiger partial charge in [-0.3, -0.25) is 4.79 Å². The molecule has 1 saturated carbocycles. The number of ether oxygens (including phenoxy) is 2. The van der Waals surface area contributed by atoms with E-state index in [1.54, 1.807) is 14.2 Å². The Morgan fingerprint density at radius 1 is 1.24 bits per heavy atom. The van der Waals surface area contributed by atoms with Gasteiger partial charge in [-0.25, -0.2) is 0 Å². The zero-order valence-electron chi connectivity index (χ0n) is 13.6. The molecule has 0 amide bonds. The maximum Gasteiger partial charge on any atom is 0.161 e. The minimum atomic E-state index is 0.0855. The van der Waals surface area contributed by atoms with Crippen LogP contribution in [0.25, 0.3) is 0 Å². The predicted octanol–water partition coefficient (Wildman–Crippen LogP) is 4.13. The first kappa shape index (κ1) is 15.9. The number of rotatable bonds is 5. The predicted molar refractivity (Wildman–Crippen MR) is 84.2 cm³/mol. The van der Waals surface area contributed by atoms with Crippen LogP contribution in [0.15, 0.2) is 18.2 Å². The Morgan fingerprint density at radius 3 is 2.52 bits per heavy atom. The lowest BCUT2D eigenvalue weighted by molar-refractivity contribution is -0.123. The van der Waals surface area contributed by atoms with Crippen molar-refractivity contribution in [2.24, 2.45) is 5.92 Å². The summed E-state index contributed by atoms with van der Waals surface area (Å²) >= 11 is 0. The van der Waals surface area contributed by atoms with E-state index in [9.17, 15) is 4.79 Å². The van der Waals surface area contributed by atoms with Crippen molar-refractivity contribution in [3.63, 3.8) is 0 Å². The number of ketones is 1. The lowest BCUT2D eigenvalue weighted by atomic mass is 9.61. The van der Waals surface area contributed by atoms with Crippen molar-refractivity contribution in [1.82, 2.24) is 0 Å². The highest BCUT2D eigenvalue weighted by Crippen LogP contribution is 2.47. The number of Topliss-reactive ketones (excluding diaryl/α,β-unsaturated/α-hetero) is 1. The molecule has 3 nitrogen and oxygen atoms in total. The van der Waals surface area contributed by atoms with Crippen molar-refractivity contribution < 1.29 is 14.3 Å². The van der Waals surface area contributed by atoms with E-state index in [4.69, 9.17) is 9.47 Å². The lowest BCUT2D eigenvalue weighted by Gasteiger charge is -2.43. The smallest absolute Gasteiger partial charge is 0.161 e. The summed E-state index contributed by atoms with van der Waals surface area (Å²) in [5, 5.41) is 0. The molecule has 0 heterocycles. The number of benzene rings is 1. The Hall–Kier alpha value is -1.51. The molecule has 1 aliphatic rings. The first-order valence-corrected chi connectivity index (χ1v) is 7.81. The van der Waals surface area contributed by atoms with Gasteiger partial charge in [0.1, 0.15) is 5.78 Å². The van der Waals surface area contributed by atoms with Gasteiger partial charge in [-0.05, 0) is 41.9 Å². The average molecular weight is 290 g/mol. The quantitative estimate of drug-likeness (QED) is 0.818. The first-order valence-electron chi connectivity index (χ1n) is 7.81. The molecule has 2 unspecified atom stereocenters. The molecule has 0 saturated heterocycles. The molecule has 21 heavy (non-hydrogen) atoms. The maximum absolute atomic E-state index is 11.8. The van der Waals surface area contributed by atoms with E-state index in [0.29, 0.717) is 24.5 Å². The number of methoxy groups -OCH3 is 2. The highest BCUT2D eigenvalue weighted by Gasteiger charge is 2.41. The molecule has 1 aliphatic carbocycles. The van der Waals surface area contributed by atoms with Gasteiger partial charge in [0, 0.05) is 12.8 Å². The fourth-order valence-electron chi connectivity index (χ4n) is 3.78. The minimum absolute atomic E-state index is 0.0855. The topological polar surface area (TPSA) is 35.5 Å². The first-order chi connectivity index (χ1) is 10.1. The summed E-state index contributed by atoms with van der Waals surface area (Å²) in [5.41, 5.74) is 1.37. The summed E-state index contributed by atoms with van der Waals surface area (Å²) in [4.78, 5) is 11.8. The van der Waals surface area contributed by atoms with Crippen LogP contribution in [0, 0.1) is 5.92 Å². The fraction of sp³-hybridized carbons (Fsp3) is 0.611. The van der Waals surface area contributed by atoms with E-state index < -0.39 is 0 Å². The zero-order chi connectivity index (χ0) is 15.5. The number of hydrogen-bond donors (Lipinski definition) is 0. The summed E-state index contributed by atoms with van der Waals surface area (Å²) in [6, 6.07) is 6.22. The molecule has 0 aliphatic heterocycles. The van der Waals surface area contributed by atoms with Crippen LogP contribution in [0.3, 0.4) is 0 Å². The van der Waals surface area contributed by atoms with Crippen molar-refractivity contribution in [2.75, 3.05) is 14.2 Å². The Balaban J connectivity index is 2.45. The van der Waals surface area contributed by atoms with Gasteiger partial charge in [0.25, 0.3) is 0 Å². The van der Waals surface area contributed by atoms with Gasteiger partial charge >= 0.3 is 0 Å². The van der Waals surface area contributed by atoms with E-state index in [1.165, 1.54) is 5.56 Å². The SMILES string of the molecule is CCCC1(c2ccc(OC)c(OC)c2)CCC(=O)CC1C. The molecule has 0 N–H and O–H groups in total. The largest absolute Gasteiger partial charge is 0.493 e. The van der Waals surface area contributed by atoms with Crippen molar-refractivity contribution in [2.45, 2.75) is 51.4 Å². The molecule has 2 atom stereocenters. The Morgan fingerprint density at radius 2 is 1.95 bits per heavy atom. The van der Waals surface area contributed by atoms with Crippen molar-refractivity contribution >= 4 is 5.78 Å². The van der Waals surface area contributed by atoms with E-state index in [2.05, 4.69) is 26.0 Å². The van der Waals surface area contributed by atoms with Gasteiger partial charge in [-0.1, -0.05) is 26.3 Å². The van der Waals surface area contributed by atoms with Crippen LogP contribution in [0.1, 0.15) is 51.5 Å². The number of carbonyl (C=O) groups is 1. The van der Waals surface area contributed by atoms with Gasteiger partial charge in [0.2, 0.25) is 0 Å². The Kier molecular flexibility index (Phi) is 4.92. The summed E-state index contributed by atoms with van der Waals surface area (Å²) in [7, 11) is 3.32. The highest BCUT2D eigenvalue weighted by molar-refractivity contribution is 5.80. The second kappa shape index (κ2) is 6.50. The van der Waals surface area contributed by atoms with Crippen LogP contribution in [-0.2, 0) is 10.2 Å². The molecule has 1 aromatic rings. The van der Waals surface area contributed by atoms with Crippen molar-refractivity contribution in [3.8, 4) is 11.5 Å². The molecular weight excluding hydrogens is 264 g/mol. The molecule has 0 aromatic heterocycles. The number of carbonyl (C=O) groups excluding carboxylic acids is 1. The molecule has 0 spiro atoms. The van der Waals surface area contributed by atoms with E-state index in [0.717, 1.165) is 30.8 Å². The van der Waals surface area contributed by atoms with Gasteiger partial charge in [0.15, 0.2) is 11.5 Å². The number of hydrogen-bond acceptors (Lipinski definition) is 3. The monoisotopic (exact) mass is 290 g/mol. The van der Waals surface area contributed by atoms with Crippen LogP contribution in [-0.4, -0.2) is 20.0 Å². The van der Waals surface area contributed by atoms with Gasteiger partial charge in [-0.2, -0.15) is 0 Å². The maximum atomic E-state index is 11.8. The Bertz CT molecular complexity index is 509. The van der Waals surface area contributed by atoms with Crippen LogP contribution < -0.4 is 9.47 Å². The second-order valence-electron chi connectivity index (χ2n) is 6.12. The Labute approximate surface area is 127 Å². The molecule has 1 fully saturated rings. The minimum Gasteiger partial charge on any atom is -0.493 e. The molecule has 116 valence electrons. The third kappa shape index (κ3) is 2.92. The van der Waals surface area contributed by atoms with Gasteiger partial charge in [0.05, 0.1) is 14.2 Å². The van der Waals surface area contributed by atoms with E-state index in [1.807, 2.05) is 6.07 Å². The highest BCUT2D eigenvalue weighted by atomic mass is 16.5. The third-order valence-electron chi connectivity index (χ3n) is 4.98. The van der Waals surface area contributed by atoms with Crippen LogP contribution in [0.4, 0.5) is 0 Å². The van der Waals surface area contributed by atoms with Gasteiger partial charge in [-0.15, -0.1) is 0 Å². The molecule has 2 rings (SSSR count). The third-order valence-corrected chi connectivity index (χ3v) is 4.98. The fourth-order valence-corrected chi connectivity index (χ4v) is 3.78. The van der Waals surface area contributed by atoms with Crippen LogP contribution >= 0.6 is 0 Å². The lowest BCUT2D eigenvalue weighted by Crippen LogP contribution is -2.39. The van der Waals surface area contributed by atoms with Gasteiger partial charge < -0.3 is 9.47 Å². The average Bonchev–Trinajstić information content (AvgIpc) is 2.49. The molecule has 3 heteroatoms. The zero-order valence-corrected chi connectivity index (χ0v) is 13.6.